The van der Waals surface area contributed by atoms with E-state index in [1.807, 2.05) is 49.4 Å². The number of benzene rings is 2. The number of piperazine rings is 1. The summed E-state index contributed by atoms with van der Waals surface area (Å²) in [7, 11) is 0. The normalized spacial score (nSPS) is 15.2. The summed E-state index contributed by atoms with van der Waals surface area (Å²) < 4.78 is 12.1. The molecule has 1 fully saturated rings. The molecular weight excluding hydrogens is 407 g/mol. The molecule has 0 aliphatic carbocycles. The molecule has 0 aromatic heterocycles. The zero-order valence-electron chi connectivity index (χ0n) is 15.6. The molecule has 150 valence electrons. The Kier molecular flexibility index (Phi) is 10.3. The van der Waals surface area contributed by atoms with Crippen LogP contribution in [0.4, 0.5) is 0 Å². The van der Waals surface area contributed by atoms with Gasteiger partial charge in [0.05, 0.1) is 0 Å². The van der Waals surface area contributed by atoms with E-state index < -0.39 is 0 Å². The van der Waals surface area contributed by atoms with Gasteiger partial charge >= 0.3 is 0 Å². The molecule has 1 saturated heterocycles. The Morgan fingerprint density at radius 1 is 1.07 bits per heavy atom. The van der Waals surface area contributed by atoms with Gasteiger partial charge in [-0.25, -0.2) is 0 Å². The molecule has 7 heteroatoms. The van der Waals surface area contributed by atoms with Gasteiger partial charge in [-0.3, -0.25) is 4.90 Å². The van der Waals surface area contributed by atoms with Crippen molar-refractivity contribution in [1.82, 2.24) is 10.2 Å². The van der Waals surface area contributed by atoms with Crippen LogP contribution < -0.4 is 14.8 Å². The lowest BCUT2D eigenvalue weighted by atomic mass is 10.2. The second-order valence-electron chi connectivity index (χ2n) is 6.36. The lowest BCUT2D eigenvalue weighted by Gasteiger charge is -2.32. The molecule has 0 amide bonds. The molecule has 1 N–H and O–H groups in total. The van der Waals surface area contributed by atoms with Crippen molar-refractivity contribution in [2.45, 2.75) is 26.7 Å². The number of rotatable bonds is 6. The van der Waals surface area contributed by atoms with E-state index in [-0.39, 0.29) is 31.0 Å². The smallest absolute Gasteiger partial charge is 0.149 e. The van der Waals surface area contributed by atoms with E-state index in [0.717, 1.165) is 53.8 Å². The lowest BCUT2D eigenvalue weighted by molar-refractivity contribution is 0.0309. The van der Waals surface area contributed by atoms with Crippen LogP contribution in [0.25, 0.3) is 0 Å². The fourth-order valence-corrected chi connectivity index (χ4v) is 3.15. The van der Waals surface area contributed by atoms with Crippen LogP contribution in [0.5, 0.6) is 11.5 Å². The number of hydrogen-bond acceptors (Lipinski definition) is 4. The Bertz CT molecular complexity index is 709. The second kappa shape index (κ2) is 11.6. The fourth-order valence-electron chi connectivity index (χ4n) is 2.96. The van der Waals surface area contributed by atoms with Gasteiger partial charge in [-0.1, -0.05) is 29.8 Å². The molecule has 27 heavy (non-hydrogen) atoms. The maximum atomic E-state index is 6.19. The van der Waals surface area contributed by atoms with Crippen molar-refractivity contribution in [3.63, 3.8) is 0 Å². The highest BCUT2D eigenvalue weighted by atomic mass is 35.5. The highest BCUT2D eigenvalue weighted by Crippen LogP contribution is 2.26. The molecule has 0 radical (unpaired) electrons. The van der Waals surface area contributed by atoms with Crippen LogP contribution in [0.15, 0.2) is 42.5 Å². The van der Waals surface area contributed by atoms with Gasteiger partial charge in [0.25, 0.3) is 0 Å². The molecular formula is C20H27Cl3N2O2. The van der Waals surface area contributed by atoms with Gasteiger partial charge in [-0.05, 0) is 37.6 Å². The first-order valence-electron chi connectivity index (χ1n) is 8.71. The van der Waals surface area contributed by atoms with Gasteiger partial charge in [-0.2, -0.15) is 0 Å². The molecule has 2 aromatic rings. The van der Waals surface area contributed by atoms with Gasteiger partial charge in [0.15, 0.2) is 0 Å². The number of ether oxygens (including phenoxy) is 2. The number of nitrogens with zero attached hydrogens (tertiary/aromatic N) is 1. The van der Waals surface area contributed by atoms with Crippen molar-refractivity contribution in [2.24, 2.45) is 0 Å². The molecule has 0 saturated carbocycles. The fraction of sp³-hybridized carbons (Fsp3) is 0.400. The van der Waals surface area contributed by atoms with Gasteiger partial charge in [-0.15, -0.1) is 24.8 Å². The summed E-state index contributed by atoms with van der Waals surface area (Å²) in [6.07, 6.45) is 0.0420. The molecule has 1 heterocycles. The topological polar surface area (TPSA) is 33.7 Å². The van der Waals surface area contributed by atoms with E-state index in [4.69, 9.17) is 21.1 Å². The van der Waals surface area contributed by atoms with Crippen LogP contribution >= 0.6 is 36.4 Å². The highest BCUT2D eigenvalue weighted by molar-refractivity contribution is 6.31. The van der Waals surface area contributed by atoms with E-state index in [1.54, 1.807) is 0 Å². The van der Waals surface area contributed by atoms with Gasteiger partial charge in [0.1, 0.15) is 24.3 Å². The molecule has 1 unspecified atom stereocenters. The molecule has 1 aliphatic rings. The Morgan fingerprint density at radius 3 is 2.44 bits per heavy atom. The van der Waals surface area contributed by atoms with Crippen molar-refractivity contribution >= 4 is 36.4 Å². The number of hydrogen-bond donors (Lipinski definition) is 1. The zero-order chi connectivity index (χ0) is 17.6. The van der Waals surface area contributed by atoms with Crippen LogP contribution in [0, 0.1) is 6.92 Å². The van der Waals surface area contributed by atoms with E-state index in [2.05, 4.69) is 17.1 Å². The average Bonchev–Trinajstić information content (AvgIpc) is 2.61. The third-order valence-electron chi connectivity index (χ3n) is 4.35. The minimum absolute atomic E-state index is 0. The van der Waals surface area contributed by atoms with Crippen molar-refractivity contribution in [3.05, 3.63) is 58.6 Å². The van der Waals surface area contributed by atoms with Crippen LogP contribution in [-0.2, 0) is 6.61 Å². The van der Waals surface area contributed by atoms with Gasteiger partial charge in [0.2, 0.25) is 0 Å². The van der Waals surface area contributed by atoms with Crippen LogP contribution in [0.3, 0.4) is 0 Å². The number of nitrogens with one attached hydrogen (secondary N) is 1. The van der Waals surface area contributed by atoms with Crippen molar-refractivity contribution in [3.8, 4) is 11.5 Å². The maximum absolute atomic E-state index is 6.19. The Hall–Kier alpha value is -1.17. The summed E-state index contributed by atoms with van der Waals surface area (Å²) in [5, 5.41) is 4.08. The number of aryl methyl sites for hydroxylation is 1. The summed E-state index contributed by atoms with van der Waals surface area (Å²) in [5.74, 6) is 1.63. The second-order valence-corrected chi connectivity index (χ2v) is 6.77. The largest absolute Gasteiger partial charge is 0.489 e. The van der Waals surface area contributed by atoms with Crippen molar-refractivity contribution in [1.29, 1.82) is 0 Å². The van der Waals surface area contributed by atoms with E-state index in [0.29, 0.717) is 6.61 Å². The lowest BCUT2D eigenvalue weighted by Crippen LogP contribution is -2.49. The summed E-state index contributed by atoms with van der Waals surface area (Å²) in [4.78, 5) is 2.34. The summed E-state index contributed by atoms with van der Waals surface area (Å²) in [6, 6.07) is 13.7. The standard InChI is InChI=1S/C20H25ClN2O2.2ClH/c1-15-11-18(24-14-17-5-3-4-6-20(17)21)13-19(12-15)25-16(2)23-9-7-22-8-10-23;;/h3-6,11-13,16,22H,7-10,14H2,1-2H3;2*1H. The molecule has 0 spiro atoms. The van der Waals surface area contributed by atoms with Crippen molar-refractivity contribution < 1.29 is 9.47 Å². The molecule has 1 atom stereocenters. The van der Waals surface area contributed by atoms with E-state index >= 15 is 0 Å². The molecule has 1 aliphatic heterocycles. The molecule has 4 nitrogen and oxygen atoms in total. The van der Waals surface area contributed by atoms with E-state index in [1.165, 1.54) is 0 Å². The third kappa shape index (κ3) is 7.05. The first-order valence-corrected chi connectivity index (χ1v) is 9.09. The highest BCUT2D eigenvalue weighted by Gasteiger charge is 2.18. The van der Waals surface area contributed by atoms with Crippen LogP contribution in [-0.4, -0.2) is 37.3 Å². The summed E-state index contributed by atoms with van der Waals surface area (Å²) in [5.41, 5.74) is 2.08. The van der Waals surface area contributed by atoms with E-state index in [9.17, 15) is 0 Å². The average molecular weight is 434 g/mol. The quantitative estimate of drug-likeness (QED) is 0.716. The Balaban J connectivity index is 0.00000182. The number of halogens is 3. The molecule has 2 aromatic carbocycles. The Labute approximate surface area is 179 Å². The summed E-state index contributed by atoms with van der Waals surface area (Å²) in [6.45, 7) is 8.60. The summed E-state index contributed by atoms with van der Waals surface area (Å²) >= 11 is 6.19. The third-order valence-corrected chi connectivity index (χ3v) is 4.72. The first-order chi connectivity index (χ1) is 12.1. The zero-order valence-corrected chi connectivity index (χ0v) is 18.0. The first kappa shape index (κ1) is 23.9. The maximum Gasteiger partial charge on any atom is 0.149 e. The predicted molar refractivity (Wildman–Crippen MR) is 116 cm³/mol. The van der Waals surface area contributed by atoms with Crippen LogP contribution in [0.2, 0.25) is 5.02 Å². The Morgan fingerprint density at radius 2 is 1.74 bits per heavy atom. The minimum atomic E-state index is 0. The van der Waals surface area contributed by atoms with Crippen molar-refractivity contribution in [2.75, 3.05) is 26.2 Å². The SMILES string of the molecule is Cc1cc(OCc2ccccc2Cl)cc(OC(C)N2CCNCC2)c1.Cl.Cl. The monoisotopic (exact) mass is 432 g/mol. The molecule has 0 bridgehead atoms. The minimum Gasteiger partial charge on any atom is -0.489 e. The molecule has 3 rings (SSSR count). The van der Waals surface area contributed by atoms with Gasteiger partial charge < -0.3 is 14.8 Å². The predicted octanol–water partition coefficient (Wildman–Crippen LogP) is 4.70. The van der Waals surface area contributed by atoms with Crippen LogP contribution in [0.1, 0.15) is 18.1 Å². The van der Waals surface area contributed by atoms with Gasteiger partial charge in [0, 0.05) is 42.8 Å².